The van der Waals surface area contributed by atoms with Gasteiger partial charge in [-0.05, 0) is 38.4 Å². The number of hydrogen-bond donors (Lipinski definition) is 1. The second-order valence-corrected chi connectivity index (χ2v) is 5.46. The average molecular weight is 247 g/mol. The van der Waals surface area contributed by atoms with Crippen molar-refractivity contribution in [2.45, 2.75) is 37.9 Å². The molecule has 1 aromatic carbocycles. The van der Waals surface area contributed by atoms with Crippen LogP contribution in [0, 0.1) is 6.92 Å². The molecule has 0 amide bonds. The Morgan fingerprint density at radius 2 is 2.11 bits per heavy atom. The molecule has 0 aliphatic carbocycles. The number of fused-ring (bicyclic) bond motifs is 1. The summed E-state index contributed by atoms with van der Waals surface area (Å²) in [6.07, 6.45) is 3.29. The Kier molecular flexibility index (Phi) is 3.04. The summed E-state index contributed by atoms with van der Waals surface area (Å²) in [4.78, 5) is 0. The van der Waals surface area contributed by atoms with Crippen LogP contribution < -0.4 is 10.1 Å². The first-order valence-electron chi connectivity index (χ1n) is 6.76. The van der Waals surface area contributed by atoms with Gasteiger partial charge >= 0.3 is 0 Å². The molecule has 1 N–H and O–H groups in total. The minimum Gasteiger partial charge on any atom is -0.486 e. The van der Waals surface area contributed by atoms with E-state index in [4.69, 9.17) is 9.47 Å². The lowest BCUT2D eigenvalue weighted by atomic mass is 9.81. The SMILES string of the molecule is COC1CC2(CCNCC2)Oc2c(C)cccc21. The molecule has 2 heterocycles. The smallest absolute Gasteiger partial charge is 0.128 e. The molecular formula is C15H21NO2. The lowest BCUT2D eigenvalue weighted by molar-refractivity contribution is -0.0483. The topological polar surface area (TPSA) is 30.5 Å². The molecular weight excluding hydrogens is 226 g/mol. The van der Waals surface area contributed by atoms with E-state index in [1.165, 1.54) is 11.1 Å². The number of rotatable bonds is 1. The number of hydrogen-bond acceptors (Lipinski definition) is 3. The maximum absolute atomic E-state index is 6.40. The summed E-state index contributed by atoms with van der Waals surface area (Å²) < 4.78 is 12.1. The maximum atomic E-state index is 6.40. The number of aryl methyl sites for hydroxylation is 1. The number of methoxy groups -OCH3 is 1. The van der Waals surface area contributed by atoms with Gasteiger partial charge in [0.05, 0.1) is 6.10 Å². The molecule has 18 heavy (non-hydrogen) atoms. The summed E-state index contributed by atoms with van der Waals surface area (Å²) in [6, 6.07) is 6.33. The highest BCUT2D eigenvalue weighted by atomic mass is 16.5. The molecule has 1 unspecified atom stereocenters. The standard InChI is InChI=1S/C15H21NO2/c1-11-4-3-5-12-13(17-2)10-15(18-14(11)12)6-8-16-9-7-15/h3-5,13,16H,6-10H2,1-2H3. The van der Waals surface area contributed by atoms with Gasteiger partial charge in [0.25, 0.3) is 0 Å². The third-order valence-electron chi connectivity index (χ3n) is 4.26. The van der Waals surface area contributed by atoms with Crippen molar-refractivity contribution in [2.75, 3.05) is 20.2 Å². The largest absolute Gasteiger partial charge is 0.486 e. The van der Waals surface area contributed by atoms with Crippen LogP contribution in [0.15, 0.2) is 18.2 Å². The van der Waals surface area contributed by atoms with Crippen LogP contribution in [0.5, 0.6) is 5.75 Å². The van der Waals surface area contributed by atoms with E-state index in [1.54, 1.807) is 7.11 Å². The van der Waals surface area contributed by atoms with E-state index >= 15 is 0 Å². The van der Waals surface area contributed by atoms with Crippen molar-refractivity contribution in [2.24, 2.45) is 0 Å². The van der Waals surface area contributed by atoms with Crippen LogP contribution in [0.4, 0.5) is 0 Å². The molecule has 0 radical (unpaired) electrons. The minimum absolute atomic E-state index is 0.0228. The van der Waals surface area contributed by atoms with Gasteiger partial charge in [0, 0.05) is 19.1 Å². The second kappa shape index (κ2) is 4.56. The van der Waals surface area contributed by atoms with Crippen LogP contribution in [0.25, 0.3) is 0 Å². The fourth-order valence-corrected chi connectivity index (χ4v) is 3.17. The van der Waals surface area contributed by atoms with Gasteiger partial charge in [-0.2, -0.15) is 0 Å². The Hall–Kier alpha value is -1.06. The molecule has 0 aromatic heterocycles. The first-order valence-corrected chi connectivity index (χ1v) is 6.76. The highest BCUT2D eigenvalue weighted by Crippen LogP contribution is 2.45. The second-order valence-electron chi connectivity index (χ2n) is 5.46. The number of piperidine rings is 1. The molecule has 3 heteroatoms. The Morgan fingerprint density at radius 1 is 1.33 bits per heavy atom. The highest BCUT2D eigenvalue weighted by Gasteiger charge is 2.42. The van der Waals surface area contributed by atoms with Crippen molar-refractivity contribution in [1.29, 1.82) is 0 Å². The Morgan fingerprint density at radius 3 is 2.83 bits per heavy atom. The lowest BCUT2D eigenvalue weighted by Gasteiger charge is -2.44. The van der Waals surface area contributed by atoms with Gasteiger partial charge in [-0.1, -0.05) is 18.2 Å². The van der Waals surface area contributed by atoms with E-state index in [1.807, 2.05) is 0 Å². The normalized spacial score (nSPS) is 25.6. The van der Waals surface area contributed by atoms with Crippen LogP contribution in [-0.4, -0.2) is 25.8 Å². The summed E-state index contributed by atoms with van der Waals surface area (Å²) in [5.74, 6) is 1.05. The molecule has 1 saturated heterocycles. The maximum Gasteiger partial charge on any atom is 0.128 e. The van der Waals surface area contributed by atoms with Gasteiger partial charge in [-0.15, -0.1) is 0 Å². The lowest BCUT2D eigenvalue weighted by Crippen LogP contribution is -2.49. The van der Waals surface area contributed by atoms with Crippen molar-refractivity contribution in [3.8, 4) is 5.75 Å². The summed E-state index contributed by atoms with van der Waals surface area (Å²) in [5, 5.41) is 3.41. The third-order valence-corrected chi connectivity index (χ3v) is 4.26. The monoisotopic (exact) mass is 247 g/mol. The third kappa shape index (κ3) is 1.91. The number of para-hydroxylation sites is 1. The van der Waals surface area contributed by atoms with Crippen LogP contribution in [0.3, 0.4) is 0 Å². The fraction of sp³-hybridized carbons (Fsp3) is 0.600. The highest BCUT2D eigenvalue weighted by molar-refractivity contribution is 5.44. The first kappa shape index (κ1) is 12.0. The summed E-state index contributed by atoms with van der Waals surface area (Å²) in [7, 11) is 1.80. The molecule has 2 aliphatic rings. The fourth-order valence-electron chi connectivity index (χ4n) is 3.17. The number of ether oxygens (including phenoxy) is 2. The predicted octanol–water partition coefficient (Wildman–Crippen LogP) is 2.59. The molecule has 1 spiro atoms. The molecule has 0 bridgehead atoms. The van der Waals surface area contributed by atoms with E-state index < -0.39 is 0 Å². The summed E-state index contributed by atoms with van der Waals surface area (Å²) in [6.45, 7) is 4.20. The predicted molar refractivity (Wildman–Crippen MR) is 71.0 cm³/mol. The zero-order valence-electron chi connectivity index (χ0n) is 11.2. The Bertz CT molecular complexity index is 438. The molecule has 98 valence electrons. The Labute approximate surface area is 108 Å². The van der Waals surface area contributed by atoms with E-state index in [-0.39, 0.29) is 11.7 Å². The van der Waals surface area contributed by atoms with Crippen molar-refractivity contribution in [1.82, 2.24) is 5.32 Å². The van der Waals surface area contributed by atoms with Crippen LogP contribution in [0.2, 0.25) is 0 Å². The first-order chi connectivity index (χ1) is 8.74. The van der Waals surface area contributed by atoms with Gasteiger partial charge in [0.15, 0.2) is 0 Å². The van der Waals surface area contributed by atoms with Crippen LogP contribution in [-0.2, 0) is 4.74 Å². The minimum atomic E-state index is -0.0228. The average Bonchev–Trinajstić information content (AvgIpc) is 2.40. The zero-order valence-corrected chi connectivity index (χ0v) is 11.2. The summed E-state index contributed by atoms with van der Waals surface area (Å²) in [5.41, 5.74) is 2.40. The van der Waals surface area contributed by atoms with Crippen LogP contribution >= 0.6 is 0 Å². The molecule has 2 aliphatic heterocycles. The molecule has 0 saturated carbocycles. The van der Waals surface area contributed by atoms with Gasteiger partial charge in [-0.25, -0.2) is 0 Å². The van der Waals surface area contributed by atoms with E-state index in [0.717, 1.165) is 38.1 Å². The van der Waals surface area contributed by atoms with E-state index in [0.29, 0.717) is 0 Å². The molecule has 1 aromatic rings. The Balaban J connectivity index is 2.00. The number of benzene rings is 1. The molecule has 1 atom stereocenters. The van der Waals surface area contributed by atoms with E-state index in [2.05, 4.69) is 30.4 Å². The van der Waals surface area contributed by atoms with E-state index in [9.17, 15) is 0 Å². The quantitative estimate of drug-likeness (QED) is 0.827. The van der Waals surface area contributed by atoms with Crippen LogP contribution in [0.1, 0.15) is 36.5 Å². The molecule has 3 nitrogen and oxygen atoms in total. The molecule has 1 fully saturated rings. The summed E-state index contributed by atoms with van der Waals surface area (Å²) >= 11 is 0. The van der Waals surface area contributed by atoms with Crippen molar-refractivity contribution in [3.63, 3.8) is 0 Å². The number of nitrogens with one attached hydrogen (secondary N) is 1. The van der Waals surface area contributed by atoms with Gasteiger partial charge < -0.3 is 14.8 Å². The van der Waals surface area contributed by atoms with Crippen molar-refractivity contribution < 1.29 is 9.47 Å². The van der Waals surface area contributed by atoms with Crippen molar-refractivity contribution >= 4 is 0 Å². The zero-order chi connectivity index (χ0) is 12.6. The van der Waals surface area contributed by atoms with Crippen molar-refractivity contribution in [3.05, 3.63) is 29.3 Å². The molecule has 3 rings (SSSR count). The van der Waals surface area contributed by atoms with Gasteiger partial charge in [0.1, 0.15) is 11.4 Å². The van der Waals surface area contributed by atoms with Gasteiger partial charge in [-0.3, -0.25) is 0 Å². The van der Waals surface area contributed by atoms with Gasteiger partial charge in [0.2, 0.25) is 0 Å².